The minimum atomic E-state index is 0.848. The van der Waals surface area contributed by atoms with Crippen molar-refractivity contribution in [2.24, 2.45) is 4.99 Å². The smallest absolute Gasteiger partial charge is 0.191 e. The summed E-state index contributed by atoms with van der Waals surface area (Å²) < 4.78 is 0. The predicted molar refractivity (Wildman–Crippen MR) is 82.8 cm³/mol. The number of aliphatic imine (C=N–C) groups is 1. The normalized spacial score (nSPS) is 17.4. The Hall–Kier alpha value is -1.07. The van der Waals surface area contributed by atoms with E-state index in [4.69, 9.17) is 0 Å². The van der Waals surface area contributed by atoms with Gasteiger partial charge in [0.1, 0.15) is 0 Å². The maximum atomic E-state index is 4.25. The second-order valence-electron chi connectivity index (χ2n) is 4.83. The third kappa shape index (κ3) is 5.20. The molecule has 2 rings (SSSR count). The fraction of sp³-hybridized carbons (Fsp3) is 0.643. The van der Waals surface area contributed by atoms with Crippen LogP contribution < -0.4 is 10.6 Å². The van der Waals surface area contributed by atoms with Gasteiger partial charge >= 0.3 is 0 Å². The maximum Gasteiger partial charge on any atom is 0.191 e. The van der Waals surface area contributed by atoms with Gasteiger partial charge in [-0.3, -0.25) is 4.99 Å². The number of thiophene rings is 1. The molecule has 0 unspecified atom stereocenters. The number of likely N-dealkylation sites (tertiary alicyclic amines) is 1. The van der Waals surface area contributed by atoms with Crippen molar-refractivity contribution in [3.8, 4) is 0 Å². The lowest BCUT2D eigenvalue weighted by Crippen LogP contribution is -2.42. The van der Waals surface area contributed by atoms with Crippen LogP contribution in [-0.4, -0.2) is 44.1 Å². The molecule has 2 heterocycles. The number of piperidine rings is 1. The minimum absolute atomic E-state index is 0.848. The van der Waals surface area contributed by atoms with Gasteiger partial charge in [-0.2, -0.15) is 0 Å². The topological polar surface area (TPSA) is 39.7 Å². The molecular weight excluding hydrogens is 256 g/mol. The third-order valence-electron chi connectivity index (χ3n) is 3.40. The summed E-state index contributed by atoms with van der Waals surface area (Å²) >= 11 is 1.77. The summed E-state index contributed by atoms with van der Waals surface area (Å²) in [5.74, 6) is 0.894. The van der Waals surface area contributed by atoms with Crippen LogP contribution in [0, 0.1) is 0 Å². The molecule has 4 nitrogen and oxygen atoms in total. The van der Waals surface area contributed by atoms with Gasteiger partial charge in [-0.15, -0.1) is 11.3 Å². The highest BCUT2D eigenvalue weighted by atomic mass is 32.1. The fourth-order valence-corrected chi connectivity index (χ4v) is 2.96. The molecule has 1 aromatic rings. The molecule has 5 heteroatoms. The van der Waals surface area contributed by atoms with Crippen molar-refractivity contribution < 1.29 is 0 Å². The monoisotopic (exact) mass is 280 g/mol. The molecule has 1 saturated heterocycles. The Morgan fingerprint density at radius 2 is 2.16 bits per heavy atom. The van der Waals surface area contributed by atoms with E-state index in [9.17, 15) is 0 Å². The summed E-state index contributed by atoms with van der Waals surface area (Å²) in [6.07, 6.45) is 4.10. The van der Waals surface area contributed by atoms with E-state index in [0.717, 1.165) is 25.6 Å². The van der Waals surface area contributed by atoms with Crippen molar-refractivity contribution in [3.05, 3.63) is 22.4 Å². The number of nitrogens with zero attached hydrogens (tertiary/aromatic N) is 2. The zero-order chi connectivity index (χ0) is 13.3. The van der Waals surface area contributed by atoms with Crippen LogP contribution in [0.2, 0.25) is 0 Å². The molecular formula is C14H24N4S. The molecule has 1 aromatic heterocycles. The molecule has 1 aliphatic rings. The van der Waals surface area contributed by atoms with Crippen LogP contribution in [0.25, 0.3) is 0 Å². The van der Waals surface area contributed by atoms with Gasteiger partial charge in [-0.1, -0.05) is 12.5 Å². The number of nitrogens with one attached hydrogen (secondary N) is 2. The van der Waals surface area contributed by atoms with Crippen LogP contribution in [0.3, 0.4) is 0 Å². The van der Waals surface area contributed by atoms with E-state index in [1.807, 2.05) is 7.05 Å². The lowest BCUT2D eigenvalue weighted by Gasteiger charge is -2.26. The Bertz CT molecular complexity index is 369. The quantitative estimate of drug-likeness (QED) is 0.639. The van der Waals surface area contributed by atoms with E-state index >= 15 is 0 Å². The Kier molecular flexibility index (Phi) is 6.17. The standard InChI is InChI=1S/C14H24N4S/c1-15-14(17-12-13-6-5-11-19-13)16-7-10-18-8-3-2-4-9-18/h5-6,11H,2-4,7-10,12H2,1H3,(H2,15,16,17). The molecule has 0 aromatic carbocycles. The molecule has 2 N–H and O–H groups in total. The van der Waals surface area contributed by atoms with Crippen LogP contribution in [0.15, 0.2) is 22.5 Å². The van der Waals surface area contributed by atoms with E-state index in [1.165, 1.54) is 37.2 Å². The van der Waals surface area contributed by atoms with Gasteiger partial charge in [0.15, 0.2) is 5.96 Å². The van der Waals surface area contributed by atoms with Gasteiger partial charge in [0.2, 0.25) is 0 Å². The van der Waals surface area contributed by atoms with Crippen LogP contribution in [0.1, 0.15) is 24.1 Å². The first kappa shape index (κ1) is 14.3. The van der Waals surface area contributed by atoms with Gasteiger partial charge in [0.25, 0.3) is 0 Å². The molecule has 106 valence electrons. The SMILES string of the molecule is CN=C(NCCN1CCCCC1)NCc1cccs1. The number of guanidine groups is 1. The zero-order valence-corrected chi connectivity index (χ0v) is 12.5. The van der Waals surface area contributed by atoms with Crippen molar-refractivity contribution in [2.75, 3.05) is 33.2 Å². The lowest BCUT2D eigenvalue weighted by atomic mass is 10.1. The van der Waals surface area contributed by atoms with E-state index in [0.29, 0.717) is 0 Å². The van der Waals surface area contributed by atoms with E-state index in [1.54, 1.807) is 11.3 Å². The van der Waals surface area contributed by atoms with Crippen molar-refractivity contribution >= 4 is 17.3 Å². The predicted octanol–water partition coefficient (Wildman–Crippen LogP) is 1.90. The zero-order valence-electron chi connectivity index (χ0n) is 11.7. The molecule has 0 saturated carbocycles. The fourth-order valence-electron chi connectivity index (χ4n) is 2.32. The van der Waals surface area contributed by atoms with E-state index in [2.05, 4.69) is 38.0 Å². The Balaban J connectivity index is 1.62. The van der Waals surface area contributed by atoms with Crippen LogP contribution in [0.5, 0.6) is 0 Å². The average Bonchev–Trinajstić information content (AvgIpc) is 2.97. The van der Waals surface area contributed by atoms with Crippen molar-refractivity contribution in [3.63, 3.8) is 0 Å². The Morgan fingerprint density at radius 1 is 1.32 bits per heavy atom. The summed E-state index contributed by atoms with van der Waals surface area (Å²) in [6, 6.07) is 4.22. The lowest BCUT2D eigenvalue weighted by molar-refractivity contribution is 0.232. The van der Waals surface area contributed by atoms with Crippen LogP contribution in [0.4, 0.5) is 0 Å². The molecule has 0 radical (unpaired) electrons. The second kappa shape index (κ2) is 8.17. The molecule has 19 heavy (non-hydrogen) atoms. The highest BCUT2D eigenvalue weighted by Crippen LogP contribution is 2.08. The van der Waals surface area contributed by atoms with Gasteiger partial charge in [0.05, 0.1) is 6.54 Å². The molecule has 1 fully saturated rings. The molecule has 1 aliphatic heterocycles. The van der Waals surface area contributed by atoms with Gasteiger partial charge < -0.3 is 15.5 Å². The van der Waals surface area contributed by atoms with Crippen molar-refractivity contribution in [1.29, 1.82) is 0 Å². The second-order valence-corrected chi connectivity index (χ2v) is 5.87. The number of hydrogen-bond acceptors (Lipinski definition) is 3. The summed E-state index contributed by atoms with van der Waals surface area (Å²) in [5, 5.41) is 8.82. The average molecular weight is 280 g/mol. The first-order valence-electron chi connectivity index (χ1n) is 7.08. The minimum Gasteiger partial charge on any atom is -0.355 e. The van der Waals surface area contributed by atoms with E-state index < -0.39 is 0 Å². The summed E-state index contributed by atoms with van der Waals surface area (Å²) in [6.45, 7) is 5.43. The van der Waals surface area contributed by atoms with Crippen molar-refractivity contribution in [1.82, 2.24) is 15.5 Å². The van der Waals surface area contributed by atoms with Gasteiger partial charge in [-0.25, -0.2) is 0 Å². The van der Waals surface area contributed by atoms with Gasteiger partial charge in [0, 0.05) is 25.0 Å². The number of rotatable bonds is 5. The highest BCUT2D eigenvalue weighted by molar-refractivity contribution is 7.09. The summed E-state index contributed by atoms with van der Waals surface area (Å²) in [7, 11) is 1.82. The molecule has 0 spiro atoms. The summed E-state index contributed by atoms with van der Waals surface area (Å²) in [4.78, 5) is 8.11. The highest BCUT2D eigenvalue weighted by Gasteiger charge is 2.09. The first-order valence-corrected chi connectivity index (χ1v) is 7.95. The molecule has 0 amide bonds. The molecule has 0 atom stereocenters. The van der Waals surface area contributed by atoms with Gasteiger partial charge in [-0.05, 0) is 37.4 Å². The molecule has 0 bridgehead atoms. The largest absolute Gasteiger partial charge is 0.355 e. The third-order valence-corrected chi connectivity index (χ3v) is 4.28. The van der Waals surface area contributed by atoms with Crippen molar-refractivity contribution in [2.45, 2.75) is 25.8 Å². The Morgan fingerprint density at radius 3 is 2.84 bits per heavy atom. The maximum absolute atomic E-state index is 4.25. The molecule has 0 aliphatic carbocycles. The number of hydrogen-bond donors (Lipinski definition) is 2. The van der Waals surface area contributed by atoms with E-state index in [-0.39, 0.29) is 0 Å². The van der Waals surface area contributed by atoms with Crippen LogP contribution >= 0.6 is 11.3 Å². The summed E-state index contributed by atoms with van der Waals surface area (Å²) in [5.41, 5.74) is 0. The first-order chi connectivity index (χ1) is 9.38. The Labute approximate surface area is 119 Å². The van der Waals surface area contributed by atoms with Crippen LogP contribution in [-0.2, 0) is 6.54 Å².